The van der Waals surface area contributed by atoms with Gasteiger partial charge in [0.2, 0.25) is 0 Å². The fraction of sp³-hybridized carbons (Fsp3) is 0.533. The predicted molar refractivity (Wildman–Crippen MR) is 75.1 cm³/mol. The van der Waals surface area contributed by atoms with E-state index in [4.69, 9.17) is 0 Å². The summed E-state index contributed by atoms with van der Waals surface area (Å²) in [6.07, 6.45) is 2.33. The molecule has 0 radical (unpaired) electrons. The normalized spacial score (nSPS) is 23.3. The highest BCUT2D eigenvalue weighted by Gasteiger charge is 2.34. The summed E-state index contributed by atoms with van der Waals surface area (Å²) in [5.74, 6) is 0. The molecule has 1 atom stereocenters. The van der Waals surface area contributed by atoms with Crippen LogP contribution in [-0.2, 0) is 6.42 Å². The maximum Gasteiger partial charge on any atom is 0.317 e. The van der Waals surface area contributed by atoms with Gasteiger partial charge in [0.05, 0.1) is 6.04 Å². The van der Waals surface area contributed by atoms with Crippen molar-refractivity contribution in [2.45, 2.75) is 18.9 Å². The van der Waals surface area contributed by atoms with E-state index in [2.05, 4.69) is 40.5 Å². The molecule has 2 fully saturated rings. The molecule has 2 amide bonds. The van der Waals surface area contributed by atoms with E-state index in [1.54, 1.807) is 0 Å². The highest BCUT2D eigenvalue weighted by molar-refractivity contribution is 5.77. The zero-order valence-corrected chi connectivity index (χ0v) is 11.2. The number of rotatable bonds is 4. The van der Waals surface area contributed by atoms with Gasteiger partial charge in [0.15, 0.2) is 0 Å². The van der Waals surface area contributed by atoms with Crippen molar-refractivity contribution in [1.29, 1.82) is 0 Å². The summed E-state index contributed by atoms with van der Waals surface area (Å²) >= 11 is 0. The van der Waals surface area contributed by atoms with Crippen LogP contribution in [0.5, 0.6) is 0 Å². The van der Waals surface area contributed by atoms with Crippen LogP contribution in [0.15, 0.2) is 30.3 Å². The van der Waals surface area contributed by atoms with Crippen LogP contribution in [0.4, 0.5) is 4.79 Å². The lowest BCUT2D eigenvalue weighted by atomic mass is 10.1. The smallest absolute Gasteiger partial charge is 0.317 e. The molecule has 0 unspecified atom stereocenters. The van der Waals surface area contributed by atoms with E-state index in [0.717, 1.165) is 39.1 Å². The molecule has 19 heavy (non-hydrogen) atoms. The molecule has 1 aromatic carbocycles. The lowest BCUT2D eigenvalue weighted by Gasteiger charge is -2.36. The van der Waals surface area contributed by atoms with Crippen LogP contribution < -0.4 is 5.32 Å². The summed E-state index contributed by atoms with van der Waals surface area (Å²) in [5.41, 5.74) is 1.42. The standard InChI is InChI=1S/C15H21N3O/c19-15-16-11-14-12-17(9-10-18(14)15)8-4-7-13-5-2-1-3-6-13/h1-3,5-6,14H,4,7-12H2,(H,16,19)/t14-/m0/s1. The molecule has 0 aromatic heterocycles. The number of hydrogen-bond acceptors (Lipinski definition) is 2. The Morgan fingerprint density at radius 1 is 1.21 bits per heavy atom. The van der Waals surface area contributed by atoms with Crippen molar-refractivity contribution in [3.8, 4) is 0 Å². The highest BCUT2D eigenvalue weighted by atomic mass is 16.2. The van der Waals surface area contributed by atoms with Gasteiger partial charge in [-0.15, -0.1) is 0 Å². The second kappa shape index (κ2) is 5.61. The molecular formula is C15H21N3O. The van der Waals surface area contributed by atoms with Gasteiger partial charge in [0, 0.05) is 26.2 Å². The average Bonchev–Trinajstić information content (AvgIpc) is 2.81. The number of hydrogen-bond donors (Lipinski definition) is 1. The topological polar surface area (TPSA) is 35.6 Å². The third kappa shape index (κ3) is 2.89. The van der Waals surface area contributed by atoms with E-state index in [1.807, 2.05) is 4.90 Å². The Morgan fingerprint density at radius 3 is 2.89 bits per heavy atom. The SMILES string of the molecule is O=C1NC[C@H]2CN(CCCc3ccccc3)CCN12. The third-order valence-electron chi connectivity index (χ3n) is 4.10. The Kier molecular flexibility index (Phi) is 3.69. The molecule has 0 aliphatic carbocycles. The van der Waals surface area contributed by atoms with Crippen molar-refractivity contribution < 1.29 is 4.79 Å². The van der Waals surface area contributed by atoms with Crippen LogP contribution in [0.3, 0.4) is 0 Å². The Labute approximate surface area is 114 Å². The van der Waals surface area contributed by atoms with Gasteiger partial charge in [-0.2, -0.15) is 0 Å². The minimum Gasteiger partial charge on any atom is -0.336 e. The molecule has 102 valence electrons. The van der Waals surface area contributed by atoms with Gasteiger partial charge in [0.1, 0.15) is 0 Å². The maximum absolute atomic E-state index is 11.5. The van der Waals surface area contributed by atoms with Crippen molar-refractivity contribution >= 4 is 6.03 Å². The summed E-state index contributed by atoms with van der Waals surface area (Å²) in [6.45, 7) is 4.86. The monoisotopic (exact) mass is 259 g/mol. The van der Waals surface area contributed by atoms with E-state index >= 15 is 0 Å². The average molecular weight is 259 g/mol. The highest BCUT2D eigenvalue weighted by Crippen LogP contribution is 2.14. The van der Waals surface area contributed by atoms with Crippen LogP contribution in [0.25, 0.3) is 0 Å². The fourth-order valence-electron chi connectivity index (χ4n) is 3.02. The number of carbonyl (C=O) groups is 1. The van der Waals surface area contributed by atoms with Gasteiger partial charge < -0.3 is 10.2 Å². The maximum atomic E-state index is 11.5. The minimum absolute atomic E-state index is 0.119. The van der Waals surface area contributed by atoms with Crippen molar-refractivity contribution in [3.05, 3.63) is 35.9 Å². The molecule has 2 aliphatic heterocycles. The van der Waals surface area contributed by atoms with Crippen LogP contribution in [0, 0.1) is 0 Å². The summed E-state index contributed by atoms with van der Waals surface area (Å²) < 4.78 is 0. The van der Waals surface area contributed by atoms with Crippen molar-refractivity contribution in [3.63, 3.8) is 0 Å². The van der Waals surface area contributed by atoms with E-state index in [1.165, 1.54) is 12.0 Å². The first-order valence-electron chi connectivity index (χ1n) is 7.14. The molecule has 1 aromatic rings. The van der Waals surface area contributed by atoms with Crippen molar-refractivity contribution in [1.82, 2.24) is 15.1 Å². The third-order valence-corrected chi connectivity index (χ3v) is 4.10. The van der Waals surface area contributed by atoms with Crippen molar-refractivity contribution in [2.24, 2.45) is 0 Å². The number of aryl methyl sites for hydroxylation is 1. The first kappa shape index (κ1) is 12.5. The minimum atomic E-state index is 0.119. The number of benzene rings is 1. The first-order chi connectivity index (χ1) is 9.33. The predicted octanol–water partition coefficient (Wildman–Crippen LogP) is 1.33. The quantitative estimate of drug-likeness (QED) is 0.885. The largest absolute Gasteiger partial charge is 0.336 e. The van der Waals surface area contributed by atoms with E-state index in [0.29, 0.717) is 6.04 Å². The van der Waals surface area contributed by atoms with Gasteiger partial charge in [-0.1, -0.05) is 30.3 Å². The van der Waals surface area contributed by atoms with Gasteiger partial charge in [-0.25, -0.2) is 4.79 Å². The molecule has 0 spiro atoms. The zero-order chi connectivity index (χ0) is 13.1. The molecule has 2 saturated heterocycles. The molecule has 3 rings (SSSR count). The molecule has 0 bridgehead atoms. The zero-order valence-electron chi connectivity index (χ0n) is 11.2. The number of carbonyl (C=O) groups excluding carboxylic acids is 1. The Bertz CT molecular complexity index is 434. The summed E-state index contributed by atoms with van der Waals surface area (Å²) in [4.78, 5) is 16.0. The molecule has 4 nitrogen and oxygen atoms in total. The number of fused-ring (bicyclic) bond motifs is 1. The van der Waals surface area contributed by atoms with Crippen molar-refractivity contribution in [2.75, 3.05) is 32.7 Å². The van der Waals surface area contributed by atoms with Crippen LogP contribution in [-0.4, -0.2) is 54.6 Å². The van der Waals surface area contributed by atoms with Crippen LogP contribution >= 0.6 is 0 Å². The van der Waals surface area contributed by atoms with E-state index in [9.17, 15) is 4.79 Å². The van der Waals surface area contributed by atoms with Crippen LogP contribution in [0.2, 0.25) is 0 Å². The fourth-order valence-corrected chi connectivity index (χ4v) is 3.02. The Balaban J connectivity index is 1.43. The molecule has 2 heterocycles. The Morgan fingerprint density at radius 2 is 2.05 bits per heavy atom. The molecular weight excluding hydrogens is 238 g/mol. The molecule has 0 saturated carbocycles. The lowest BCUT2D eigenvalue weighted by Crippen LogP contribution is -2.52. The molecule has 4 heteroatoms. The van der Waals surface area contributed by atoms with E-state index in [-0.39, 0.29) is 6.03 Å². The van der Waals surface area contributed by atoms with Gasteiger partial charge in [0.25, 0.3) is 0 Å². The second-order valence-corrected chi connectivity index (χ2v) is 5.42. The number of amides is 2. The first-order valence-corrected chi connectivity index (χ1v) is 7.14. The Hall–Kier alpha value is -1.55. The van der Waals surface area contributed by atoms with Gasteiger partial charge in [-0.3, -0.25) is 4.90 Å². The van der Waals surface area contributed by atoms with Gasteiger partial charge in [-0.05, 0) is 24.9 Å². The second-order valence-electron chi connectivity index (χ2n) is 5.42. The van der Waals surface area contributed by atoms with Crippen LogP contribution in [0.1, 0.15) is 12.0 Å². The molecule has 1 N–H and O–H groups in total. The number of piperazine rings is 1. The number of nitrogens with zero attached hydrogens (tertiary/aromatic N) is 2. The van der Waals surface area contributed by atoms with E-state index < -0.39 is 0 Å². The lowest BCUT2D eigenvalue weighted by molar-refractivity contribution is 0.120. The summed E-state index contributed by atoms with van der Waals surface area (Å²) in [6, 6.07) is 11.2. The summed E-state index contributed by atoms with van der Waals surface area (Å²) in [7, 11) is 0. The molecule has 2 aliphatic rings. The summed E-state index contributed by atoms with van der Waals surface area (Å²) in [5, 5.41) is 2.92. The van der Waals surface area contributed by atoms with Gasteiger partial charge >= 0.3 is 6.03 Å². The number of urea groups is 1. The number of nitrogens with one attached hydrogen (secondary N) is 1.